The first-order valence-corrected chi connectivity index (χ1v) is 22.2. The summed E-state index contributed by atoms with van der Waals surface area (Å²) in [5.74, 6) is 0. The van der Waals surface area contributed by atoms with Crippen LogP contribution in [0, 0.1) is 6.92 Å². The summed E-state index contributed by atoms with van der Waals surface area (Å²) < 4.78 is 2.41. The van der Waals surface area contributed by atoms with Crippen LogP contribution in [-0.4, -0.2) is 4.57 Å². The van der Waals surface area contributed by atoms with Crippen LogP contribution in [0.3, 0.4) is 0 Å². The average molecular weight is 821 g/mol. The normalized spacial score (nSPS) is 12.7. The Morgan fingerprint density at radius 1 is 0.453 bits per heavy atom. The quantitative estimate of drug-likeness (QED) is 0.132. The van der Waals surface area contributed by atoms with Crippen molar-refractivity contribution in [2.24, 2.45) is 0 Å². The number of anilines is 3. The summed E-state index contributed by atoms with van der Waals surface area (Å²) in [4.78, 5) is 2.40. The number of allylic oxidation sites excluding steroid dienone is 2. The van der Waals surface area contributed by atoms with Gasteiger partial charge in [-0.3, -0.25) is 0 Å². The van der Waals surface area contributed by atoms with Crippen molar-refractivity contribution in [1.82, 2.24) is 4.57 Å². The molecule has 1 aliphatic carbocycles. The zero-order valence-corrected chi connectivity index (χ0v) is 36.5. The van der Waals surface area contributed by atoms with E-state index >= 15 is 0 Å². The molecule has 2 nitrogen and oxygen atoms in total. The third-order valence-corrected chi connectivity index (χ3v) is 13.4. The van der Waals surface area contributed by atoms with Crippen LogP contribution >= 0.6 is 0 Å². The Labute approximate surface area is 376 Å². The molecule has 0 spiro atoms. The van der Waals surface area contributed by atoms with Crippen LogP contribution < -0.4 is 4.90 Å². The zero-order valence-electron chi connectivity index (χ0n) is 36.5. The molecule has 9 aromatic carbocycles. The summed E-state index contributed by atoms with van der Waals surface area (Å²) in [7, 11) is 0. The van der Waals surface area contributed by atoms with Gasteiger partial charge in [0.05, 0.1) is 11.0 Å². The van der Waals surface area contributed by atoms with Crippen molar-refractivity contribution >= 4 is 44.9 Å². The lowest BCUT2D eigenvalue weighted by Crippen LogP contribution is -2.16. The van der Waals surface area contributed by atoms with Gasteiger partial charge >= 0.3 is 0 Å². The van der Waals surface area contributed by atoms with E-state index in [2.05, 4.69) is 249 Å². The Balaban J connectivity index is 0.958. The predicted octanol–water partition coefficient (Wildman–Crippen LogP) is 17.1. The smallest absolute Gasteiger partial charge is 0.0541 e. The Hall–Kier alpha value is -7.94. The van der Waals surface area contributed by atoms with Crippen LogP contribution in [0.15, 0.2) is 225 Å². The van der Waals surface area contributed by atoms with Gasteiger partial charge in [0, 0.05) is 38.9 Å². The molecule has 0 amide bonds. The van der Waals surface area contributed by atoms with Crippen molar-refractivity contribution in [3.8, 4) is 50.2 Å². The molecule has 306 valence electrons. The summed E-state index contributed by atoms with van der Waals surface area (Å²) in [6, 6.07) is 75.7. The molecule has 0 radical (unpaired) electrons. The van der Waals surface area contributed by atoms with Crippen LogP contribution in [0.1, 0.15) is 36.1 Å². The van der Waals surface area contributed by atoms with Gasteiger partial charge in [-0.15, -0.1) is 0 Å². The lowest BCUT2D eigenvalue weighted by molar-refractivity contribution is 0.660. The fraction of sp³-hybridized carbons (Fsp3) is 0.0645. The van der Waals surface area contributed by atoms with E-state index in [0.29, 0.717) is 0 Å². The van der Waals surface area contributed by atoms with Crippen LogP contribution in [0.5, 0.6) is 0 Å². The molecule has 0 saturated carbocycles. The molecule has 1 heterocycles. The third kappa shape index (κ3) is 6.58. The lowest BCUT2D eigenvalue weighted by Gasteiger charge is -2.28. The number of para-hydroxylation sites is 1. The summed E-state index contributed by atoms with van der Waals surface area (Å²) in [6.07, 6.45) is 5.96. The van der Waals surface area contributed by atoms with Gasteiger partial charge in [0.1, 0.15) is 0 Å². The van der Waals surface area contributed by atoms with E-state index in [0.717, 1.165) is 17.1 Å². The summed E-state index contributed by atoms with van der Waals surface area (Å²) in [5, 5.41) is 2.48. The topological polar surface area (TPSA) is 8.17 Å². The summed E-state index contributed by atoms with van der Waals surface area (Å²) in [5.41, 5.74) is 21.8. The van der Waals surface area contributed by atoms with Crippen molar-refractivity contribution in [2.75, 3.05) is 4.90 Å². The van der Waals surface area contributed by atoms with E-state index in [4.69, 9.17) is 0 Å². The number of rotatable bonds is 9. The molecule has 10 aromatic rings. The highest BCUT2D eigenvalue weighted by Crippen LogP contribution is 2.51. The molecule has 0 bridgehead atoms. The van der Waals surface area contributed by atoms with Gasteiger partial charge in [0.2, 0.25) is 0 Å². The first kappa shape index (κ1) is 38.9. The predicted molar refractivity (Wildman–Crippen MR) is 273 cm³/mol. The van der Waals surface area contributed by atoms with Crippen molar-refractivity contribution in [3.05, 3.63) is 247 Å². The van der Waals surface area contributed by atoms with Crippen molar-refractivity contribution in [1.29, 1.82) is 0 Å². The molecule has 1 aromatic heterocycles. The van der Waals surface area contributed by atoms with Crippen LogP contribution in [0.4, 0.5) is 17.1 Å². The van der Waals surface area contributed by atoms with Gasteiger partial charge < -0.3 is 9.47 Å². The molecule has 1 aliphatic rings. The molecule has 0 atom stereocenters. The molecule has 11 rings (SSSR count). The van der Waals surface area contributed by atoms with E-state index in [9.17, 15) is 0 Å². The molecule has 0 unspecified atom stereocenters. The minimum absolute atomic E-state index is 0.102. The second-order valence-electron chi connectivity index (χ2n) is 17.4. The Morgan fingerprint density at radius 3 is 1.78 bits per heavy atom. The Kier molecular flexibility index (Phi) is 9.59. The largest absolute Gasteiger partial charge is 0.310 e. The molecular formula is C62H48N2. The van der Waals surface area contributed by atoms with Gasteiger partial charge in [-0.2, -0.15) is 0 Å². The molecule has 2 heteroatoms. The second-order valence-corrected chi connectivity index (χ2v) is 17.4. The average Bonchev–Trinajstić information content (AvgIpc) is 3.79. The van der Waals surface area contributed by atoms with Gasteiger partial charge in [0.15, 0.2) is 0 Å². The Bertz CT molecular complexity index is 3420. The molecule has 0 aliphatic heterocycles. The SMILES string of the molecule is C=C/C=C\c1cccc(-n2c3ccccc3c3cc(-c4cccc(-c5ccc(N(c6ccc(-c7ccccc7)cc6)c6ccc7c(c6)C(C)(C)c6ccccc6-7)cc5)c4)ccc32)c1C. The van der Waals surface area contributed by atoms with Crippen molar-refractivity contribution in [2.45, 2.75) is 26.2 Å². The minimum Gasteiger partial charge on any atom is -0.310 e. The van der Waals surface area contributed by atoms with Crippen LogP contribution in [-0.2, 0) is 5.41 Å². The molecule has 0 saturated heterocycles. The first-order valence-electron chi connectivity index (χ1n) is 22.2. The third-order valence-electron chi connectivity index (χ3n) is 13.4. The van der Waals surface area contributed by atoms with Gasteiger partial charge in [-0.1, -0.05) is 178 Å². The number of benzene rings is 9. The zero-order chi connectivity index (χ0) is 43.4. The fourth-order valence-corrected chi connectivity index (χ4v) is 10.0. The van der Waals surface area contributed by atoms with Crippen molar-refractivity contribution < 1.29 is 0 Å². The highest BCUT2D eigenvalue weighted by molar-refractivity contribution is 6.10. The number of hydrogen-bond donors (Lipinski definition) is 0. The second kappa shape index (κ2) is 15.8. The number of fused-ring (bicyclic) bond motifs is 6. The number of nitrogens with zero attached hydrogens (tertiary/aromatic N) is 2. The van der Waals surface area contributed by atoms with Gasteiger partial charge in [0.25, 0.3) is 0 Å². The van der Waals surface area contributed by atoms with Crippen LogP contribution in [0.25, 0.3) is 78.1 Å². The van der Waals surface area contributed by atoms with E-state index in [1.54, 1.807) is 0 Å². The maximum Gasteiger partial charge on any atom is 0.0541 e. The highest BCUT2D eigenvalue weighted by atomic mass is 15.1. The standard InChI is InChI=1S/C62H48N2/c1-5-6-16-43-19-15-26-59(42(43)2)64-60-25-13-11-23-55(60)56-40-49(31-38-61(56)64)48-21-14-20-47(39-48)46-29-34-51(35-30-46)63(50-32-27-45(28-33-50)44-17-8-7-9-18-44)52-36-37-54-53-22-10-12-24-57(53)62(3,4)58(54)41-52/h5-41H,1H2,2-4H3/b16-6-. The molecule has 0 fully saturated rings. The fourth-order valence-electron chi connectivity index (χ4n) is 10.0. The van der Waals surface area contributed by atoms with E-state index in [1.807, 2.05) is 12.2 Å². The van der Waals surface area contributed by atoms with E-state index in [1.165, 1.54) is 94.3 Å². The van der Waals surface area contributed by atoms with Gasteiger partial charge in [-0.25, -0.2) is 0 Å². The molecular weight excluding hydrogens is 773 g/mol. The summed E-state index contributed by atoms with van der Waals surface area (Å²) >= 11 is 0. The van der Waals surface area contributed by atoms with E-state index < -0.39 is 0 Å². The maximum absolute atomic E-state index is 3.88. The molecule has 0 N–H and O–H groups in total. The number of aromatic nitrogens is 1. The lowest BCUT2D eigenvalue weighted by atomic mass is 9.82. The summed E-state index contributed by atoms with van der Waals surface area (Å²) in [6.45, 7) is 10.8. The monoisotopic (exact) mass is 820 g/mol. The minimum atomic E-state index is -0.102. The first-order chi connectivity index (χ1) is 31.4. The maximum atomic E-state index is 3.88. The van der Waals surface area contributed by atoms with Gasteiger partial charge in [-0.05, 0) is 140 Å². The highest BCUT2D eigenvalue weighted by Gasteiger charge is 2.35. The number of hydrogen-bond acceptors (Lipinski definition) is 1. The molecule has 64 heavy (non-hydrogen) atoms. The Morgan fingerprint density at radius 2 is 1.02 bits per heavy atom. The van der Waals surface area contributed by atoms with Crippen LogP contribution in [0.2, 0.25) is 0 Å². The van der Waals surface area contributed by atoms with E-state index in [-0.39, 0.29) is 5.41 Å². The van der Waals surface area contributed by atoms with Crippen molar-refractivity contribution in [3.63, 3.8) is 0 Å².